The van der Waals surface area contributed by atoms with Crippen molar-refractivity contribution in [2.75, 3.05) is 27.3 Å². The Morgan fingerprint density at radius 1 is 0.893 bits per heavy atom. The fourth-order valence-corrected chi connectivity index (χ4v) is 8.37. The van der Waals surface area contributed by atoms with Crippen LogP contribution in [0.1, 0.15) is 74.6 Å². The van der Waals surface area contributed by atoms with Gasteiger partial charge < -0.3 is 19.1 Å². The zero-order valence-corrected chi connectivity index (χ0v) is 32.7. The molecule has 12 nitrogen and oxygen atoms in total. The minimum atomic E-state index is -5.04. The number of methoxy groups -OCH3 is 2. The van der Waals surface area contributed by atoms with E-state index < -0.39 is 32.3 Å². The molecule has 2 heterocycles. The van der Waals surface area contributed by atoms with E-state index in [-0.39, 0.29) is 36.5 Å². The fraction of sp³-hybridized carbons (Fsp3) is 0.400. The van der Waals surface area contributed by atoms with Crippen LogP contribution in [-0.4, -0.2) is 72.5 Å². The first kappa shape index (κ1) is 40.4. The van der Waals surface area contributed by atoms with Crippen LogP contribution in [0.5, 0.6) is 11.5 Å². The van der Waals surface area contributed by atoms with Crippen molar-refractivity contribution >= 4 is 16.1 Å². The molecular formula is C40H45F3N6O6S. The molecule has 1 atom stereocenters. The molecule has 0 bridgehead atoms. The highest BCUT2D eigenvalue weighted by Gasteiger charge is 2.42. The zero-order valence-electron chi connectivity index (χ0n) is 31.9. The van der Waals surface area contributed by atoms with Gasteiger partial charge in [0.1, 0.15) is 22.0 Å². The van der Waals surface area contributed by atoms with Gasteiger partial charge in [-0.1, -0.05) is 42.5 Å². The first-order valence-corrected chi connectivity index (χ1v) is 19.7. The minimum absolute atomic E-state index is 0.0456. The summed E-state index contributed by atoms with van der Waals surface area (Å²) in [6.45, 7) is 6.12. The molecule has 4 aromatic rings. The molecule has 0 saturated heterocycles. The third-order valence-corrected chi connectivity index (χ3v) is 11.2. The third-order valence-electron chi connectivity index (χ3n) is 9.76. The molecule has 0 radical (unpaired) electrons. The Balaban J connectivity index is 1.39. The summed E-state index contributed by atoms with van der Waals surface area (Å²) in [5, 5.41) is 12.1. The van der Waals surface area contributed by atoms with Crippen molar-refractivity contribution in [3.05, 3.63) is 106 Å². The number of nitrogens with one attached hydrogen (secondary N) is 1. The number of rotatable bonds is 11. The number of carbonyl (C=O) groups is 1. The van der Waals surface area contributed by atoms with Crippen molar-refractivity contribution in [1.82, 2.24) is 29.8 Å². The molecule has 3 aromatic carbocycles. The largest absolute Gasteiger partial charge is 0.497 e. The van der Waals surface area contributed by atoms with Gasteiger partial charge in [0, 0.05) is 25.2 Å². The number of aromatic nitrogens is 4. The summed E-state index contributed by atoms with van der Waals surface area (Å²) in [7, 11) is -1.83. The van der Waals surface area contributed by atoms with Crippen molar-refractivity contribution in [2.24, 2.45) is 0 Å². The number of amides is 1. The molecule has 0 spiro atoms. The Hall–Kier alpha value is -5.22. The lowest BCUT2D eigenvalue weighted by Crippen LogP contribution is -2.39. The molecule has 1 aromatic heterocycles. The van der Waals surface area contributed by atoms with Crippen molar-refractivity contribution in [3.63, 3.8) is 0 Å². The number of allylic oxidation sites excluding steroid dienone is 2. The third kappa shape index (κ3) is 9.41. The lowest BCUT2D eigenvalue weighted by molar-refractivity contribution is -0.139. The molecule has 6 rings (SSSR count). The van der Waals surface area contributed by atoms with E-state index in [4.69, 9.17) is 14.2 Å². The SMILES string of the molecule is COc1ccc(CNS(=O)(=O)c2c(C(F)(F)F)ccc(C3CC=C(C4=CCN(C(=O)OC(C)(C)C)CC4)CC3)c2-c2nnnn2Cc2ccc(OC)cc2)cc1. The van der Waals surface area contributed by atoms with Crippen LogP contribution in [0.3, 0.4) is 0 Å². The van der Waals surface area contributed by atoms with Crippen LogP contribution < -0.4 is 14.2 Å². The fourth-order valence-electron chi connectivity index (χ4n) is 6.92. The predicted octanol–water partition coefficient (Wildman–Crippen LogP) is 7.66. The number of hydrogen-bond acceptors (Lipinski definition) is 9. The maximum atomic E-state index is 14.9. The quantitative estimate of drug-likeness (QED) is 0.162. The number of hydrogen-bond donors (Lipinski definition) is 1. The van der Waals surface area contributed by atoms with E-state index >= 15 is 0 Å². The molecule has 1 unspecified atom stereocenters. The minimum Gasteiger partial charge on any atom is -0.497 e. The summed E-state index contributed by atoms with van der Waals surface area (Å²) in [5.41, 5.74) is 1.68. The molecule has 56 heavy (non-hydrogen) atoms. The molecule has 2 aliphatic rings. The van der Waals surface area contributed by atoms with Crippen LogP contribution in [-0.2, 0) is 34.0 Å². The molecule has 1 aliphatic carbocycles. The number of halogens is 3. The first-order chi connectivity index (χ1) is 26.6. The molecule has 0 saturated carbocycles. The lowest BCUT2D eigenvalue weighted by atomic mass is 9.79. The van der Waals surface area contributed by atoms with Gasteiger partial charge in [-0.25, -0.2) is 22.6 Å². The van der Waals surface area contributed by atoms with Gasteiger partial charge in [0.2, 0.25) is 10.0 Å². The van der Waals surface area contributed by atoms with E-state index in [0.717, 1.165) is 17.2 Å². The Bertz CT molecular complexity index is 2210. The van der Waals surface area contributed by atoms with Gasteiger partial charge in [-0.05, 0) is 121 Å². The van der Waals surface area contributed by atoms with E-state index in [1.165, 1.54) is 25.0 Å². The van der Waals surface area contributed by atoms with Crippen LogP contribution in [0.15, 0.2) is 88.9 Å². The molecule has 0 fully saturated rings. The number of ether oxygens (including phenoxy) is 3. The van der Waals surface area contributed by atoms with Gasteiger partial charge in [-0.2, -0.15) is 13.2 Å². The number of nitrogens with zero attached hydrogens (tertiary/aromatic N) is 5. The Labute approximate surface area is 324 Å². The predicted molar refractivity (Wildman–Crippen MR) is 203 cm³/mol. The molecule has 1 amide bonds. The average molecular weight is 795 g/mol. The van der Waals surface area contributed by atoms with Gasteiger partial charge >= 0.3 is 12.3 Å². The Morgan fingerprint density at radius 3 is 2.09 bits per heavy atom. The van der Waals surface area contributed by atoms with Crippen LogP contribution in [0.4, 0.5) is 18.0 Å². The number of tetrazole rings is 1. The molecular weight excluding hydrogens is 750 g/mol. The summed E-state index contributed by atoms with van der Waals surface area (Å²) in [4.78, 5) is 13.3. The van der Waals surface area contributed by atoms with E-state index in [9.17, 15) is 26.4 Å². The van der Waals surface area contributed by atoms with Crippen molar-refractivity contribution in [1.29, 1.82) is 0 Å². The molecule has 1 aliphatic heterocycles. The molecule has 1 N–H and O–H groups in total. The number of carbonyl (C=O) groups excluding carboxylic acids is 1. The monoisotopic (exact) mass is 794 g/mol. The Morgan fingerprint density at radius 2 is 1.54 bits per heavy atom. The highest BCUT2D eigenvalue weighted by molar-refractivity contribution is 7.89. The number of sulfonamides is 1. The van der Waals surface area contributed by atoms with E-state index in [1.54, 1.807) is 53.4 Å². The maximum Gasteiger partial charge on any atom is 0.417 e. The smallest absolute Gasteiger partial charge is 0.417 e. The second-order valence-corrected chi connectivity index (χ2v) is 16.4. The molecule has 298 valence electrons. The summed E-state index contributed by atoms with van der Waals surface area (Å²) >= 11 is 0. The Kier molecular flexibility index (Phi) is 11.9. The second kappa shape index (κ2) is 16.5. The first-order valence-electron chi connectivity index (χ1n) is 18.2. The molecule has 16 heteroatoms. The maximum absolute atomic E-state index is 14.9. The average Bonchev–Trinajstić information content (AvgIpc) is 3.63. The second-order valence-electron chi connectivity index (χ2n) is 14.7. The highest BCUT2D eigenvalue weighted by Crippen LogP contribution is 2.46. The standard InChI is InChI=1S/C40H45F3N6O6S/c1-39(2,3)55-38(50)48-22-20-29(21-23-48)28-10-12-30(13-11-28)33-18-19-34(40(41,42)43)36(56(51,52)44-24-26-6-14-31(53-4)15-7-26)35(33)37-45-46-47-49(37)25-27-8-16-32(54-5)17-9-27/h6-10,14-20,30,44H,11-13,21-25H2,1-5H3. The van der Waals surface area contributed by atoms with E-state index in [2.05, 4.69) is 26.3 Å². The normalized spacial score (nSPS) is 16.6. The number of benzene rings is 3. The van der Waals surface area contributed by atoms with Crippen molar-refractivity contribution in [2.45, 2.75) is 82.1 Å². The van der Waals surface area contributed by atoms with Crippen LogP contribution in [0.25, 0.3) is 11.4 Å². The van der Waals surface area contributed by atoms with Crippen molar-refractivity contribution < 1.29 is 40.6 Å². The topological polar surface area (TPSA) is 138 Å². The van der Waals surface area contributed by atoms with E-state index in [0.29, 0.717) is 67.0 Å². The summed E-state index contributed by atoms with van der Waals surface area (Å²) in [6.07, 6.45) is 0.832. The van der Waals surface area contributed by atoms with Crippen LogP contribution in [0.2, 0.25) is 0 Å². The van der Waals surface area contributed by atoms with Gasteiger partial charge in [0.05, 0.1) is 26.3 Å². The van der Waals surface area contributed by atoms with Gasteiger partial charge in [-0.3, -0.25) is 0 Å². The van der Waals surface area contributed by atoms with Crippen LogP contribution >= 0.6 is 0 Å². The van der Waals surface area contributed by atoms with E-state index in [1.807, 2.05) is 26.8 Å². The zero-order chi connectivity index (χ0) is 40.3. The lowest BCUT2D eigenvalue weighted by Gasteiger charge is -2.32. The van der Waals surface area contributed by atoms with Crippen LogP contribution in [0, 0.1) is 0 Å². The summed E-state index contributed by atoms with van der Waals surface area (Å²) in [6, 6.07) is 15.7. The summed E-state index contributed by atoms with van der Waals surface area (Å²) in [5.74, 6) is 0.678. The van der Waals surface area contributed by atoms with Crippen molar-refractivity contribution in [3.8, 4) is 22.9 Å². The van der Waals surface area contributed by atoms with Gasteiger partial charge in [0.15, 0.2) is 5.82 Å². The van der Waals surface area contributed by atoms with Gasteiger partial charge in [-0.15, -0.1) is 5.10 Å². The van der Waals surface area contributed by atoms with Gasteiger partial charge in [0.25, 0.3) is 0 Å². The number of alkyl halides is 3. The highest BCUT2D eigenvalue weighted by atomic mass is 32.2. The summed E-state index contributed by atoms with van der Waals surface area (Å²) < 4.78 is 93.1.